The summed E-state index contributed by atoms with van der Waals surface area (Å²) in [6.45, 7) is 1.93. The van der Waals surface area contributed by atoms with Crippen LogP contribution in [0.15, 0.2) is 23.1 Å². The molecule has 11 heteroatoms. The molecule has 0 spiro atoms. The van der Waals surface area contributed by atoms with Crippen molar-refractivity contribution in [3.8, 4) is 5.75 Å². The highest BCUT2D eigenvalue weighted by Crippen LogP contribution is 2.37. The number of ether oxygens (including phenoxy) is 1. The van der Waals surface area contributed by atoms with E-state index in [1.165, 1.54) is 9.47 Å². The van der Waals surface area contributed by atoms with Gasteiger partial charge in [0.05, 0.1) is 12.6 Å². The number of hydrogen-bond acceptors (Lipinski definition) is 5. The lowest BCUT2D eigenvalue weighted by Crippen LogP contribution is -2.50. The highest BCUT2D eigenvalue weighted by atomic mass is 19.1. The number of carbonyl (C=O) groups is 2. The first-order valence-corrected chi connectivity index (χ1v) is 10.1. The van der Waals surface area contributed by atoms with E-state index in [1.807, 2.05) is 6.92 Å². The molecule has 3 heterocycles. The summed E-state index contributed by atoms with van der Waals surface area (Å²) in [4.78, 5) is 39.7. The van der Waals surface area contributed by atoms with Crippen molar-refractivity contribution in [1.29, 1.82) is 0 Å². The molecular formula is C21H20F3N3O5. The van der Waals surface area contributed by atoms with Crippen LogP contribution in [0, 0.1) is 17.5 Å². The third-order valence-electron chi connectivity index (χ3n) is 5.61. The van der Waals surface area contributed by atoms with E-state index in [9.17, 15) is 32.7 Å². The lowest BCUT2D eigenvalue weighted by Gasteiger charge is -2.39. The molecular weight excluding hydrogens is 431 g/mol. The Morgan fingerprint density at radius 2 is 1.94 bits per heavy atom. The molecule has 2 aliphatic heterocycles. The minimum Gasteiger partial charge on any atom is -0.503 e. The van der Waals surface area contributed by atoms with E-state index in [1.54, 1.807) is 0 Å². The summed E-state index contributed by atoms with van der Waals surface area (Å²) in [7, 11) is 0. The largest absolute Gasteiger partial charge is 0.503 e. The Kier molecular flexibility index (Phi) is 5.68. The fraction of sp³-hybridized carbons (Fsp3) is 0.381. The van der Waals surface area contributed by atoms with Crippen LogP contribution in [-0.2, 0) is 11.3 Å². The van der Waals surface area contributed by atoms with Gasteiger partial charge in [0.1, 0.15) is 23.0 Å². The van der Waals surface area contributed by atoms with Crippen LogP contribution < -0.4 is 10.7 Å². The van der Waals surface area contributed by atoms with Crippen LogP contribution in [0.5, 0.6) is 5.75 Å². The Morgan fingerprint density at radius 3 is 2.59 bits per heavy atom. The van der Waals surface area contributed by atoms with Gasteiger partial charge in [0.2, 0.25) is 5.43 Å². The second-order valence-corrected chi connectivity index (χ2v) is 7.62. The van der Waals surface area contributed by atoms with Crippen LogP contribution in [0.3, 0.4) is 0 Å². The number of amides is 2. The van der Waals surface area contributed by atoms with Crippen LogP contribution in [0.4, 0.5) is 13.2 Å². The normalized spacial score (nSPS) is 19.6. The molecule has 1 aromatic carbocycles. The van der Waals surface area contributed by atoms with E-state index in [4.69, 9.17) is 4.74 Å². The monoisotopic (exact) mass is 451 g/mol. The Hall–Kier alpha value is -3.34. The molecule has 2 amide bonds. The fourth-order valence-corrected chi connectivity index (χ4v) is 4.12. The minimum atomic E-state index is -1.19. The van der Waals surface area contributed by atoms with Gasteiger partial charge in [-0.1, -0.05) is 6.92 Å². The van der Waals surface area contributed by atoms with Crippen molar-refractivity contribution in [3.63, 3.8) is 0 Å². The van der Waals surface area contributed by atoms with Crippen molar-refractivity contribution in [2.24, 2.45) is 0 Å². The van der Waals surface area contributed by atoms with Crippen molar-refractivity contribution >= 4 is 11.8 Å². The summed E-state index contributed by atoms with van der Waals surface area (Å²) in [6, 6.07) is 0.523. The molecule has 0 saturated carbocycles. The van der Waals surface area contributed by atoms with Crippen LogP contribution in [0.2, 0.25) is 0 Å². The van der Waals surface area contributed by atoms with Crippen LogP contribution >= 0.6 is 0 Å². The van der Waals surface area contributed by atoms with E-state index in [2.05, 4.69) is 5.32 Å². The van der Waals surface area contributed by atoms with Gasteiger partial charge in [-0.25, -0.2) is 13.2 Å². The van der Waals surface area contributed by atoms with E-state index < -0.39 is 70.4 Å². The molecule has 8 nitrogen and oxygen atoms in total. The van der Waals surface area contributed by atoms with Gasteiger partial charge < -0.3 is 24.6 Å². The van der Waals surface area contributed by atoms with E-state index >= 15 is 0 Å². The molecule has 170 valence electrons. The Morgan fingerprint density at radius 1 is 1.25 bits per heavy atom. The van der Waals surface area contributed by atoms with Crippen molar-refractivity contribution in [2.45, 2.75) is 38.6 Å². The maximum Gasteiger partial charge on any atom is 0.276 e. The number of pyridine rings is 1. The number of nitrogens with one attached hydrogen (secondary N) is 1. The lowest BCUT2D eigenvalue weighted by atomic mass is 10.0. The number of hydrogen-bond donors (Lipinski definition) is 2. The standard InChI is InChI=1S/C21H20F3N3O5/c1-2-4-26-20(31)16-18(29)17(28)12(9-27(16)15-3-5-32-21(15)26)19(30)25-8-11-13(23)6-10(22)7-14(11)24/h6-7,9,15,21,29H,2-5,8H2,1H3,(H,25,30)/t15?,21-/m0/s1. The first-order chi connectivity index (χ1) is 15.2. The highest BCUT2D eigenvalue weighted by molar-refractivity contribution is 5.99. The van der Waals surface area contributed by atoms with Gasteiger partial charge in [0.15, 0.2) is 17.7 Å². The molecule has 1 aromatic heterocycles. The van der Waals surface area contributed by atoms with Gasteiger partial charge in [0.25, 0.3) is 11.8 Å². The fourth-order valence-electron chi connectivity index (χ4n) is 4.12. The number of carbonyl (C=O) groups excluding carboxylic acids is 2. The Labute approximate surface area is 180 Å². The minimum absolute atomic E-state index is 0.234. The molecule has 2 atom stereocenters. The number of fused-ring (bicyclic) bond motifs is 3. The zero-order valence-corrected chi connectivity index (χ0v) is 17.0. The molecule has 2 aromatic rings. The van der Waals surface area contributed by atoms with Gasteiger partial charge in [-0.15, -0.1) is 0 Å². The SMILES string of the molecule is CCCN1C(=O)c2c(O)c(=O)c(C(=O)NCc3c(F)cc(F)cc3F)cn2C2CCO[C@@H]21. The third-order valence-corrected chi connectivity index (χ3v) is 5.61. The van der Waals surface area contributed by atoms with Crippen molar-refractivity contribution in [2.75, 3.05) is 13.2 Å². The summed E-state index contributed by atoms with van der Waals surface area (Å²) >= 11 is 0. The van der Waals surface area contributed by atoms with E-state index in [0.29, 0.717) is 38.1 Å². The zero-order valence-electron chi connectivity index (χ0n) is 17.0. The number of halogens is 3. The first kappa shape index (κ1) is 21.9. The van der Waals surface area contributed by atoms with Gasteiger partial charge in [-0.05, 0) is 12.8 Å². The van der Waals surface area contributed by atoms with Gasteiger partial charge in [-0.3, -0.25) is 14.4 Å². The predicted octanol–water partition coefficient (Wildman–Crippen LogP) is 2.05. The number of aromatic nitrogens is 1. The summed E-state index contributed by atoms with van der Waals surface area (Å²) in [5.41, 5.74) is -2.41. The van der Waals surface area contributed by atoms with Gasteiger partial charge in [0, 0.05) is 37.0 Å². The maximum atomic E-state index is 13.8. The molecule has 1 saturated heterocycles. The van der Waals surface area contributed by atoms with Gasteiger partial charge >= 0.3 is 0 Å². The average molecular weight is 451 g/mol. The van der Waals surface area contributed by atoms with Crippen LogP contribution in [0.25, 0.3) is 0 Å². The Bertz CT molecular complexity index is 1140. The van der Waals surface area contributed by atoms with E-state index in [0.717, 1.165) is 6.20 Å². The molecule has 0 bridgehead atoms. The van der Waals surface area contributed by atoms with Crippen molar-refractivity contribution in [1.82, 2.24) is 14.8 Å². The second kappa shape index (κ2) is 8.30. The Balaban J connectivity index is 1.68. The molecule has 4 rings (SSSR count). The quantitative estimate of drug-likeness (QED) is 0.725. The highest BCUT2D eigenvalue weighted by Gasteiger charge is 2.45. The maximum absolute atomic E-state index is 13.8. The van der Waals surface area contributed by atoms with Crippen molar-refractivity contribution in [3.05, 3.63) is 62.8 Å². The summed E-state index contributed by atoms with van der Waals surface area (Å²) < 4.78 is 47.8. The van der Waals surface area contributed by atoms with E-state index in [-0.39, 0.29) is 5.69 Å². The molecule has 0 aliphatic carbocycles. The second-order valence-electron chi connectivity index (χ2n) is 7.62. The summed E-state index contributed by atoms with van der Waals surface area (Å²) in [5.74, 6) is -5.98. The molecule has 1 fully saturated rings. The lowest BCUT2D eigenvalue weighted by molar-refractivity contribution is -0.0349. The summed E-state index contributed by atoms with van der Waals surface area (Å²) in [5, 5.41) is 12.7. The van der Waals surface area contributed by atoms with Gasteiger partial charge in [-0.2, -0.15) is 0 Å². The average Bonchev–Trinajstić information content (AvgIpc) is 3.22. The topological polar surface area (TPSA) is 101 Å². The zero-order chi connectivity index (χ0) is 23.2. The summed E-state index contributed by atoms with van der Waals surface area (Å²) in [6.07, 6.45) is 1.67. The predicted molar refractivity (Wildman–Crippen MR) is 105 cm³/mol. The molecule has 2 aliphatic rings. The molecule has 32 heavy (non-hydrogen) atoms. The van der Waals surface area contributed by atoms with Crippen molar-refractivity contribution < 1.29 is 32.6 Å². The number of aromatic hydroxyl groups is 1. The van der Waals surface area contributed by atoms with Crippen LogP contribution in [-0.4, -0.2) is 45.8 Å². The smallest absolute Gasteiger partial charge is 0.276 e. The number of nitrogens with zero attached hydrogens (tertiary/aromatic N) is 2. The molecule has 2 N–H and O–H groups in total. The first-order valence-electron chi connectivity index (χ1n) is 10.1. The number of benzene rings is 1. The third kappa shape index (κ3) is 3.52. The van der Waals surface area contributed by atoms with Crippen LogP contribution in [0.1, 0.15) is 52.2 Å². The molecule has 1 unspecified atom stereocenters. The molecule has 0 radical (unpaired) electrons. The number of rotatable bonds is 5.